The van der Waals surface area contributed by atoms with Crippen molar-refractivity contribution in [3.63, 3.8) is 0 Å². The Kier molecular flexibility index (Phi) is 3.91. The van der Waals surface area contributed by atoms with Gasteiger partial charge in [-0.3, -0.25) is 10.1 Å². The number of hydrogen-bond acceptors (Lipinski definition) is 3. The molecule has 1 saturated heterocycles. The van der Waals surface area contributed by atoms with Gasteiger partial charge in [-0.2, -0.15) is 0 Å². The van der Waals surface area contributed by atoms with Gasteiger partial charge in [0.25, 0.3) is 0 Å². The molecule has 6 heteroatoms. The lowest BCUT2D eigenvalue weighted by Gasteiger charge is -2.28. The Balaban J connectivity index is 2.16. The molecule has 1 aromatic carbocycles. The van der Waals surface area contributed by atoms with Crippen molar-refractivity contribution in [2.24, 2.45) is 0 Å². The molecule has 0 amide bonds. The number of nitrogens with one attached hydrogen (secondary N) is 1. The third-order valence-corrected chi connectivity index (χ3v) is 4.09. The molecular weight excluding hydrogens is 265 g/mol. The Morgan fingerprint density at radius 3 is 3.00 bits per heavy atom. The Labute approximate surface area is 107 Å². The van der Waals surface area contributed by atoms with Crippen molar-refractivity contribution in [1.82, 2.24) is 5.32 Å². The molecule has 3 nitrogen and oxygen atoms in total. The summed E-state index contributed by atoms with van der Waals surface area (Å²) in [5.74, 6) is -0.571. The van der Waals surface area contributed by atoms with Crippen molar-refractivity contribution in [3.8, 4) is 0 Å². The monoisotopic (exact) mass is 275 g/mol. The third-order valence-electron chi connectivity index (χ3n) is 2.59. The summed E-state index contributed by atoms with van der Waals surface area (Å²) in [5.41, 5.74) is 0.798. The van der Waals surface area contributed by atoms with Crippen LogP contribution in [-0.2, 0) is 4.79 Å². The van der Waals surface area contributed by atoms with Crippen LogP contribution in [-0.4, -0.2) is 22.9 Å². The van der Waals surface area contributed by atoms with E-state index in [1.165, 1.54) is 12.1 Å². The molecule has 92 valence electrons. The van der Waals surface area contributed by atoms with Gasteiger partial charge in [-0.25, -0.2) is 4.39 Å². The van der Waals surface area contributed by atoms with Crippen LogP contribution in [0.2, 0.25) is 5.02 Å². The first-order valence-electron chi connectivity index (χ1n) is 5.13. The van der Waals surface area contributed by atoms with Crippen LogP contribution < -0.4 is 5.32 Å². The minimum atomic E-state index is -0.858. The number of aliphatic carboxylic acids is 1. The van der Waals surface area contributed by atoms with E-state index in [1.807, 2.05) is 0 Å². The highest BCUT2D eigenvalue weighted by molar-refractivity contribution is 7.99. The summed E-state index contributed by atoms with van der Waals surface area (Å²) >= 11 is 7.30. The Morgan fingerprint density at radius 1 is 1.59 bits per heavy atom. The van der Waals surface area contributed by atoms with Gasteiger partial charge in [-0.1, -0.05) is 17.7 Å². The molecule has 0 saturated carbocycles. The molecule has 1 aliphatic heterocycles. The van der Waals surface area contributed by atoms with E-state index in [0.717, 1.165) is 11.3 Å². The van der Waals surface area contributed by atoms with E-state index in [9.17, 15) is 9.18 Å². The fraction of sp³-hybridized carbons (Fsp3) is 0.364. The molecule has 2 rings (SSSR count). The number of thioether (sulfide) groups is 1. The number of carbonyl (C=O) groups is 1. The molecule has 1 fully saturated rings. The lowest BCUT2D eigenvalue weighted by Crippen LogP contribution is -2.41. The molecule has 0 bridgehead atoms. The second kappa shape index (κ2) is 5.25. The smallest absolute Gasteiger partial charge is 0.320 e. The average molecular weight is 276 g/mol. The van der Waals surface area contributed by atoms with E-state index in [-0.39, 0.29) is 10.4 Å². The van der Waals surface area contributed by atoms with Gasteiger partial charge >= 0.3 is 5.97 Å². The minimum Gasteiger partial charge on any atom is -0.480 e. The molecule has 2 N–H and O–H groups in total. The van der Waals surface area contributed by atoms with Gasteiger partial charge < -0.3 is 5.11 Å². The average Bonchev–Trinajstić information content (AvgIpc) is 2.33. The van der Waals surface area contributed by atoms with Crippen LogP contribution >= 0.6 is 23.4 Å². The molecule has 1 heterocycles. The van der Waals surface area contributed by atoms with Gasteiger partial charge in [-0.05, 0) is 29.9 Å². The number of carboxylic acid groups (broad SMARTS) is 1. The molecule has 0 aliphatic carbocycles. The van der Waals surface area contributed by atoms with Crippen molar-refractivity contribution in [2.75, 3.05) is 5.75 Å². The standard InChI is InChI=1S/C11H11ClFNO2S/c12-7-5-6(1-2-8(7)13)10-14-9(11(15)16)3-4-17-10/h1-2,5,9-10,14H,3-4H2,(H,15,16). The molecule has 0 radical (unpaired) electrons. The zero-order valence-electron chi connectivity index (χ0n) is 8.82. The maximum absolute atomic E-state index is 13.0. The predicted octanol–water partition coefficient (Wildman–Crippen LogP) is 2.66. The molecule has 0 spiro atoms. The molecule has 17 heavy (non-hydrogen) atoms. The van der Waals surface area contributed by atoms with Crippen molar-refractivity contribution >= 4 is 29.3 Å². The highest BCUT2D eigenvalue weighted by atomic mass is 35.5. The van der Waals surface area contributed by atoms with Gasteiger partial charge in [-0.15, -0.1) is 11.8 Å². The predicted molar refractivity (Wildman–Crippen MR) is 65.8 cm³/mol. The number of hydrogen-bond donors (Lipinski definition) is 2. The first-order valence-corrected chi connectivity index (χ1v) is 6.56. The topological polar surface area (TPSA) is 49.3 Å². The van der Waals surface area contributed by atoms with E-state index in [0.29, 0.717) is 6.42 Å². The Hall–Kier alpha value is -0.780. The fourth-order valence-electron chi connectivity index (χ4n) is 1.68. The number of carboxylic acids is 1. The van der Waals surface area contributed by atoms with Crippen LogP contribution in [0.15, 0.2) is 18.2 Å². The summed E-state index contributed by atoms with van der Waals surface area (Å²) in [6, 6.07) is 3.90. The normalized spacial score (nSPS) is 24.6. The van der Waals surface area contributed by atoms with E-state index >= 15 is 0 Å². The van der Waals surface area contributed by atoms with Crippen LogP contribution in [0.3, 0.4) is 0 Å². The minimum absolute atomic E-state index is 0.0577. The maximum atomic E-state index is 13.0. The van der Waals surface area contributed by atoms with Crippen molar-refractivity contribution in [1.29, 1.82) is 0 Å². The summed E-state index contributed by atoms with van der Waals surface area (Å²) in [7, 11) is 0. The van der Waals surface area contributed by atoms with E-state index in [4.69, 9.17) is 16.7 Å². The Bertz CT molecular complexity index is 443. The summed E-state index contributed by atoms with van der Waals surface area (Å²) in [4.78, 5) is 10.9. The van der Waals surface area contributed by atoms with Crippen molar-refractivity contribution in [3.05, 3.63) is 34.6 Å². The highest BCUT2D eigenvalue weighted by Gasteiger charge is 2.27. The Morgan fingerprint density at radius 2 is 2.35 bits per heavy atom. The lowest BCUT2D eigenvalue weighted by molar-refractivity contribution is -0.139. The van der Waals surface area contributed by atoms with Gasteiger partial charge in [0.1, 0.15) is 11.9 Å². The molecule has 1 aromatic rings. The molecule has 1 aliphatic rings. The lowest BCUT2D eigenvalue weighted by atomic mass is 10.1. The number of rotatable bonds is 2. The molecular formula is C11H11ClFNO2S. The summed E-state index contributed by atoms with van der Waals surface area (Å²) in [6.07, 6.45) is 0.589. The van der Waals surface area contributed by atoms with E-state index in [1.54, 1.807) is 17.8 Å². The van der Waals surface area contributed by atoms with Gasteiger partial charge in [0.2, 0.25) is 0 Å². The van der Waals surface area contributed by atoms with Gasteiger partial charge in [0.05, 0.1) is 10.4 Å². The zero-order chi connectivity index (χ0) is 12.4. The zero-order valence-corrected chi connectivity index (χ0v) is 10.4. The first-order chi connectivity index (χ1) is 8.08. The van der Waals surface area contributed by atoms with Crippen LogP contribution in [0.4, 0.5) is 4.39 Å². The largest absolute Gasteiger partial charge is 0.480 e. The first kappa shape index (κ1) is 12.7. The summed E-state index contributed by atoms with van der Waals surface area (Å²) < 4.78 is 13.0. The van der Waals surface area contributed by atoms with Crippen LogP contribution in [0.5, 0.6) is 0 Å². The second-order valence-electron chi connectivity index (χ2n) is 3.77. The third kappa shape index (κ3) is 2.91. The summed E-state index contributed by atoms with van der Waals surface area (Å²) in [6.45, 7) is 0. The van der Waals surface area contributed by atoms with Crippen LogP contribution in [0, 0.1) is 5.82 Å². The van der Waals surface area contributed by atoms with E-state index < -0.39 is 17.8 Å². The summed E-state index contributed by atoms with van der Waals surface area (Å²) in [5, 5.41) is 11.8. The number of benzene rings is 1. The van der Waals surface area contributed by atoms with Crippen molar-refractivity contribution < 1.29 is 14.3 Å². The van der Waals surface area contributed by atoms with Crippen LogP contribution in [0.1, 0.15) is 17.4 Å². The number of halogens is 2. The van der Waals surface area contributed by atoms with Gasteiger partial charge in [0, 0.05) is 0 Å². The van der Waals surface area contributed by atoms with E-state index in [2.05, 4.69) is 5.32 Å². The molecule has 2 unspecified atom stereocenters. The van der Waals surface area contributed by atoms with Gasteiger partial charge in [0.15, 0.2) is 0 Å². The quantitative estimate of drug-likeness (QED) is 0.871. The SMILES string of the molecule is O=C(O)C1CCSC(c2ccc(F)c(Cl)c2)N1. The molecule has 0 aromatic heterocycles. The van der Waals surface area contributed by atoms with Crippen molar-refractivity contribution in [2.45, 2.75) is 17.8 Å². The maximum Gasteiger partial charge on any atom is 0.320 e. The van der Waals surface area contributed by atoms with Crippen LogP contribution in [0.25, 0.3) is 0 Å². The molecule has 2 atom stereocenters. The fourth-order valence-corrected chi connectivity index (χ4v) is 3.08. The highest BCUT2D eigenvalue weighted by Crippen LogP contribution is 2.33. The second-order valence-corrected chi connectivity index (χ2v) is 5.39.